The highest BCUT2D eigenvalue weighted by molar-refractivity contribution is 5.95. The van der Waals surface area contributed by atoms with Gasteiger partial charge >= 0.3 is 0 Å². The van der Waals surface area contributed by atoms with Crippen molar-refractivity contribution in [1.29, 1.82) is 0 Å². The Balaban J connectivity index is 1.94. The summed E-state index contributed by atoms with van der Waals surface area (Å²) in [6.45, 7) is 5.12. The second kappa shape index (κ2) is 6.02. The van der Waals surface area contributed by atoms with E-state index in [0.29, 0.717) is 5.69 Å². The van der Waals surface area contributed by atoms with E-state index in [1.807, 2.05) is 0 Å². The van der Waals surface area contributed by atoms with Gasteiger partial charge in [0.25, 0.3) is 5.91 Å². The van der Waals surface area contributed by atoms with Crippen molar-refractivity contribution in [2.45, 2.75) is 25.8 Å². The van der Waals surface area contributed by atoms with Gasteiger partial charge in [0.15, 0.2) is 0 Å². The second-order valence-electron chi connectivity index (χ2n) is 4.92. The first kappa shape index (κ1) is 13.8. The molecule has 0 saturated carbocycles. The first-order chi connectivity index (χ1) is 9.10. The van der Waals surface area contributed by atoms with E-state index in [0.717, 1.165) is 32.5 Å². The maximum absolute atomic E-state index is 13.6. The van der Waals surface area contributed by atoms with Crippen LogP contribution in [0, 0.1) is 5.82 Å². The van der Waals surface area contributed by atoms with E-state index in [1.165, 1.54) is 18.2 Å². The molecule has 1 aromatic rings. The normalized spacial score (nSPS) is 17.4. The Morgan fingerprint density at radius 2 is 2.16 bits per heavy atom. The van der Waals surface area contributed by atoms with Gasteiger partial charge in [-0.1, -0.05) is 6.92 Å². The van der Waals surface area contributed by atoms with Crippen molar-refractivity contribution >= 4 is 11.6 Å². The average Bonchev–Trinajstić information content (AvgIpc) is 2.39. The molecular formula is C14H20FN3O. The van der Waals surface area contributed by atoms with Gasteiger partial charge in [0.2, 0.25) is 0 Å². The summed E-state index contributed by atoms with van der Waals surface area (Å²) in [4.78, 5) is 14.3. The van der Waals surface area contributed by atoms with Crippen molar-refractivity contribution < 1.29 is 9.18 Å². The number of hydrogen-bond donors (Lipinski definition) is 2. The minimum atomic E-state index is -0.566. The molecule has 19 heavy (non-hydrogen) atoms. The van der Waals surface area contributed by atoms with Gasteiger partial charge in [-0.3, -0.25) is 4.79 Å². The highest BCUT2D eigenvalue weighted by Crippen LogP contribution is 2.14. The Kier molecular flexibility index (Phi) is 4.37. The fourth-order valence-corrected chi connectivity index (χ4v) is 2.37. The summed E-state index contributed by atoms with van der Waals surface area (Å²) in [6.07, 6.45) is 1.83. The van der Waals surface area contributed by atoms with Gasteiger partial charge in [0, 0.05) is 24.8 Å². The third-order valence-corrected chi connectivity index (χ3v) is 3.61. The molecule has 1 amide bonds. The molecular weight excluding hydrogens is 245 g/mol. The Bertz CT molecular complexity index is 456. The van der Waals surface area contributed by atoms with Gasteiger partial charge in [-0.25, -0.2) is 4.39 Å². The summed E-state index contributed by atoms with van der Waals surface area (Å²) in [6, 6.07) is 4.28. The molecule has 0 bridgehead atoms. The molecule has 4 nitrogen and oxygen atoms in total. The van der Waals surface area contributed by atoms with Crippen LogP contribution in [0.2, 0.25) is 0 Å². The lowest BCUT2D eigenvalue weighted by Crippen LogP contribution is -2.44. The van der Waals surface area contributed by atoms with Crippen molar-refractivity contribution in [3.63, 3.8) is 0 Å². The van der Waals surface area contributed by atoms with Crippen molar-refractivity contribution in [2.75, 3.05) is 25.4 Å². The van der Waals surface area contributed by atoms with E-state index in [4.69, 9.17) is 5.73 Å². The van der Waals surface area contributed by atoms with Gasteiger partial charge in [-0.15, -0.1) is 0 Å². The number of benzene rings is 1. The number of anilines is 1. The maximum atomic E-state index is 13.6. The number of likely N-dealkylation sites (tertiary alicyclic amines) is 1. The number of hydrogen-bond acceptors (Lipinski definition) is 3. The Hall–Kier alpha value is -1.62. The standard InChI is InChI=1S/C14H20FN3O/c1-2-18-7-5-11(6-8-18)17-14(19)12-4-3-10(16)9-13(12)15/h3-4,9,11H,2,5-8,16H2,1H3,(H,17,19). The number of carbonyl (C=O) groups excluding carboxylic acids is 1. The van der Waals surface area contributed by atoms with Crippen molar-refractivity contribution in [3.8, 4) is 0 Å². The Morgan fingerprint density at radius 1 is 1.47 bits per heavy atom. The molecule has 0 unspecified atom stereocenters. The lowest BCUT2D eigenvalue weighted by atomic mass is 10.0. The summed E-state index contributed by atoms with van der Waals surface area (Å²) in [7, 11) is 0. The molecule has 3 N–H and O–H groups in total. The molecule has 0 aromatic heterocycles. The molecule has 0 spiro atoms. The molecule has 0 radical (unpaired) electrons. The van der Waals surface area contributed by atoms with Crippen LogP contribution in [0.25, 0.3) is 0 Å². The lowest BCUT2D eigenvalue weighted by Gasteiger charge is -2.31. The van der Waals surface area contributed by atoms with E-state index in [2.05, 4.69) is 17.1 Å². The summed E-state index contributed by atoms with van der Waals surface area (Å²) < 4.78 is 13.6. The van der Waals surface area contributed by atoms with Crippen LogP contribution >= 0.6 is 0 Å². The second-order valence-corrected chi connectivity index (χ2v) is 4.92. The monoisotopic (exact) mass is 265 g/mol. The van der Waals surface area contributed by atoms with Gasteiger partial charge < -0.3 is 16.0 Å². The number of piperidine rings is 1. The number of halogens is 1. The van der Waals surface area contributed by atoms with E-state index >= 15 is 0 Å². The minimum absolute atomic E-state index is 0.0621. The van der Waals surface area contributed by atoms with Crippen LogP contribution in [-0.4, -0.2) is 36.5 Å². The molecule has 1 aliphatic heterocycles. The van der Waals surface area contributed by atoms with Gasteiger partial charge in [0.1, 0.15) is 5.82 Å². The van der Waals surface area contributed by atoms with E-state index < -0.39 is 5.82 Å². The fourth-order valence-electron chi connectivity index (χ4n) is 2.37. The molecule has 0 atom stereocenters. The number of amides is 1. The molecule has 104 valence electrons. The minimum Gasteiger partial charge on any atom is -0.399 e. The molecule has 1 heterocycles. The van der Waals surface area contributed by atoms with Crippen molar-refractivity contribution in [3.05, 3.63) is 29.6 Å². The highest BCUT2D eigenvalue weighted by Gasteiger charge is 2.21. The number of nitrogens with zero attached hydrogens (tertiary/aromatic N) is 1. The Labute approximate surface area is 112 Å². The zero-order chi connectivity index (χ0) is 13.8. The van der Waals surface area contributed by atoms with Crippen LogP contribution < -0.4 is 11.1 Å². The zero-order valence-corrected chi connectivity index (χ0v) is 11.2. The van der Waals surface area contributed by atoms with E-state index in [9.17, 15) is 9.18 Å². The molecule has 1 fully saturated rings. The summed E-state index contributed by atoms with van der Waals surface area (Å²) in [5.41, 5.74) is 5.85. The largest absolute Gasteiger partial charge is 0.399 e. The first-order valence-corrected chi connectivity index (χ1v) is 6.68. The highest BCUT2D eigenvalue weighted by atomic mass is 19.1. The molecule has 5 heteroatoms. The van der Waals surface area contributed by atoms with Crippen LogP contribution in [0.1, 0.15) is 30.1 Å². The van der Waals surface area contributed by atoms with Crippen LogP contribution in [0.15, 0.2) is 18.2 Å². The lowest BCUT2D eigenvalue weighted by molar-refractivity contribution is 0.0908. The van der Waals surface area contributed by atoms with Crippen LogP contribution in [0.3, 0.4) is 0 Å². The topological polar surface area (TPSA) is 58.4 Å². The van der Waals surface area contributed by atoms with E-state index in [1.54, 1.807) is 0 Å². The molecule has 1 saturated heterocycles. The molecule has 0 aliphatic carbocycles. The smallest absolute Gasteiger partial charge is 0.254 e. The van der Waals surface area contributed by atoms with Gasteiger partial charge in [0.05, 0.1) is 5.56 Å². The fraction of sp³-hybridized carbons (Fsp3) is 0.500. The summed E-state index contributed by atoms with van der Waals surface area (Å²) in [5, 5.41) is 2.89. The third-order valence-electron chi connectivity index (χ3n) is 3.61. The summed E-state index contributed by atoms with van der Waals surface area (Å²) >= 11 is 0. The van der Waals surface area contributed by atoms with Crippen LogP contribution in [0.5, 0.6) is 0 Å². The van der Waals surface area contributed by atoms with Crippen LogP contribution in [0.4, 0.5) is 10.1 Å². The van der Waals surface area contributed by atoms with Crippen LogP contribution in [-0.2, 0) is 0 Å². The predicted molar refractivity (Wildman–Crippen MR) is 73.4 cm³/mol. The van der Waals surface area contributed by atoms with Gasteiger partial charge in [-0.2, -0.15) is 0 Å². The maximum Gasteiger partial charge on any atom is 0.254 e. The Morgan fingerprint density at radius 3 is 2.74 bits per heavy atom. The zero-order valence-electron chi connectivity index (χ0n) is 11.2. The number of carbonyl (C=O) groups is 1. The quantitative estimate of drug-likeness (QED) is 0.817. The number of nitrogens with one attached hydrogen (secondary N) is 1. The summed E-state index contributed by atoms with van der Waals surface area (Å²) in [5.74, 6) is -0.920. The first-order valence-electron chi connectivity index (χ1n) is 6.68. The number of nitrogen functional groups attached to an aromatic ring is 1. The third kappa shape index (κ3) is 3.44. The van der Waals surface area contributed by atoms with Gasteiger partial charge in [-0.05, 0) is 37.6 Å². The molecule has 2 rings (SSSR count). The predicted octanol–water partition coefficient (Wildman–Crippen LogP) is 1.62. The average molecular weight is 265 g/mol. The SMILES string of the molecule is CCN1CCC(NC(=O)c2ccc(N)cc2F)CC1. The number of nitrogens with two attached hydrogens (primary N) is 1. The molecule has 1 aromatic carbocycles. The van der Waals surface area contributed by atoms with E-state index in [-0.39, 0.29) is 17.5 Å². The van der Waals surface area contributed by atoms with Crippen molar-refractivity contribution in [1.82, 2.24) is 10.2 Å². The molecule has 1 aliphatic rings. The van der Waals surface area contributed by atoms with Crippen molar-refractivity contribution in [2.24, 2.45) is 0 Å². The number of rotatable bonds is 3.